The number of carbonyl (C=O) groups excluding carboxylic acids is 1. The first kappa shape index (κ1) is 16.9. The molecule has 0 fully saturated rings. The third-order valence-corrected chi connectivity index (χ3v) is 4.16. The molecule has 5 nitrogen and oxygen atoms in total. The minimum absolute atomic E-state index is 0.234. The van der Waals surface area contributed by atoms with Crippen molar-refractivity contribution >= 4 is 23.4 Å². The van der Waals surface area contributed by atoms with Gasteiger partial charge < -0.3 is 5.32 Å². The molecule has 0 aliphatic heterocycles. The van der Waals surface area contributed by atoms with Gasteiger partial charge in [0.1, 0.15) is 15.9 Å². The van der Waals surface area contributed by atoms with Crippen LogP contribution in [0.4, 0.5) is 5.69 Å². The van der Waals surface area contributed by atoms with Crippen LogP contribution in [-0.4, -0.2) is 20.9 Å². The monoisotopic (exact) mass is 348 g/mol. The van der Waals surface area contributed by atoms with Crippen molar-refractivity contribution in [2.45, 2.75) is 16.5 Å². The lowest BCUT2D eigenvalue weighted by atomic mass is 10.1. The quantitative estimate of drug-likeness (QED) is 0.543. The van der Waals surface area contributed by atoms with Crippen molar-refractivity contribution in [3.8, 4) is 0 Å². The average molecular weight is 348 g/mol. The van der Waals surface area contributed by atoms with Gasteiger partial charge in [0.05, 0.1) is 0 Å². The number of carbonyl (C=O) groups is 1. The maximum Gasteiger partial charge on any atom is 0.247 e. The lowest BCUT2D eigenvalue weighted by molar-refractivity contribution is -0.111. The summed E-state index contributed by atoms with van der Waals surface area (Å²) in [6, 6.07) is 15.2. The Morgan fingerprint density at radius 3 is 2.80 bits per heavy atom. The van der Waals surface area contributed by atoms with Crippen LogP contribution in [0.5, 0.6) is 0 Å². The van der Waals surface area contributed by atoms with Gasteiger partial charge in [-0.05, 0) is 53.7 Å². The Hall–Kier alpha value is -2.99. The maximum atomic E-state index is 11.4. The largest absolute Gasteiger partial charge is 0.323 e. The van der Waals surface area contributed by atoms with E-state index in [2.05, 4.69) is 26.8 Å². The van der Waals surface area contributed by atoms with Crippen molar-refractivity contribution < 1.29 is 4.79 Å². The highest BCUT2D eigenvalue weighted by atomic mass is 32.2. The van der Waals surface area contributed by atoms with Crippen molar-refractivity contribution in [2.24, 2.45) is 0 Å². The van der Waals surface area contributed by atoms with Gasteiger partial charge in [-0.15, -0.1) is 0 Å². The number of anilines is 1. The van der Waals surface area contributed by atoms with Crippen LogP contribution in [0.2, 0.25) is 0 Å². The summed E-state index contributed by atoms with van der Waals surface area (Å²) in [5, 5.41) is 4.49. The lowest BCUT2D eigenvalue weighted by Crippen LogP contribution is -2.07. The Morgan fingerprint density at radius 2 is 2.00 bits per heavy atom. The molecule has 0 saturated carbocycles. The molecule has 0 bridgehead atoms. The van der Waals surface area contributed by atoms with E-state index in [-0.39, 0.29) is 5.91 Å². The van der Waals surface area contributed by atoms with Gasteiger partial charge in [-0.25, -0.2) is 15.0 Å². The molecule has 6 heteroatoms. The standard InChI is InChI=1S/C19H16N4OS/c1-2-17(24)22-15-7-5-6-14(12-15)13-16-20-11-9-19(23-16)25-18-8-3-4-10-21-18/h2-12H,1,13H2,(H,22,24). The Balaban J connectivity index is 1.73. The Morgan fingerprint density at radius 1 is 1.08 bits per heavy atom. The number of amides is 1. The molecule has 0 atom stereocenters. The highest BCUT2D eigenvalue weighted by Crippen LogP contribution is 2.23. The van der Waals surface area contributed by atoms with Crippen molar-refractivity contribution in [3.05, 3.63) is 85.0 Å². The Labute approximate surface area is 150 Å². The van der Waals surface area contributed by atoms with Crippen LogP contribution in [0.3, 0.4) is 0 Å². The van der Waals surface area contributed by atoms with Crippen LogP contribution < -0.4 is 5.32 Å². The van der Waals surface area contributed by atoms with Crippen LogP contribution in [0, 0.1) is 0 Å². The minimum atomic E-state index is -0.234. The molecule has 1 N–H and O–H groups in total. The minimum Gasteiger partial charge on any atom is -0.323 e. The second kappa shape index (κ2) is 8.21. The lowest BCUT2D eigenvalue weighted by Gasteiger charge is -2.06. The number of hydrogen-bond acceptors (Lipinski definition) is 5. The van der Waals surface area contributed by atoms with E-state index in [0.717, 1.165) is 21.3 Å². The van der Waals surface area contributed by atoms with E-state index < -0.39 is 0 Å². The molecule has 2 heterocycles. The first-order valence-electron chi connectivity index (χ1n) is 7.66. The summed E-state index contributed by atoms with van der Waals surface area (Å²) in [7, 11) is 0. The summed E-state index contributed by atoms with van der Waals surface area (Å²) >= 11 is 1.50. The molecule has 0 saturated heterocycles. The first-order chi connectivity index (χ1) is 12.2. The zero-order chi connectivity index (χ0) is 17.5. The third-order valence-electron chi connectivity index (χ3n) is 3.27. The number of aromatic nitrogens is 3. The second-order valence-corrected chi connectivity index (χ2v) is 6.19. The van der Waals surface area contributed by atoms with Gasteiger partial charge in [-0.2, -0.15) is 0 Å². The number of nitrogens with zero attached hydrogens (tertiary/aromatic N) is 3. The molecule has 25 heavy (non-hydrogen) atoms. The molecule has 1 amide bonds. The van der Waals surface area contributed by atoms with Gasteiger partial charge in [-0.3, -0.25) is 4.79 Å². The third kappa shape index (κ3) is 4.99. The summed E-state index contributed by atoms with van der Waals surface area (Å²) in [4.78, 5) is 24.6. The first-order valence-corrected chi connectivity index (χ1v) is 8.48. The van der Waals surface area contributed by atoms with Crippen LogP contribution in [-0.2, 0) is 11.2 Å². The van der Waals surface area contributed by atoms with E-state index in [9.17, 15) is 4.79 Å². The number of hydrogen-bond donors (Lipinski definition) is 1. The molecule has 0 unspecified atom stereocenters. The molecular weight excluding hydrogens is 332 g/mol. The summed E-state index contributed by atoms with van der Waals surface area (Å²) in [6.07, 6.45) is 5.33. The topological polar surface area (TPSA) is 67.8 Å². The van der Waals surface area contributed by atoms with E-state index in [1.165, 1.54) is 17.8 Å². The van der Waals surface area contributed by atoms with Gasteiger partial charge in [0, 0.05) is 24.5 Å². The van der Waals surface area contributed by atoms with Crippen LogP contribution >= 0.6 is 11.8 Å². The number of pyridine rings is 1. The molecule has 1 aromatic carbocycles. The van der Waals surface area contributed by atoms with Crippen LogP contribution in [0.15, 0.2) is 83.6 Å². The van der Waals surface area contributed by atoms with E-state index in [1.807, 2.05) is 48.5 Å². The van der Waals surface area contributed by atoms with E-state index >= 15 is 0 Å². The smallest absolute Gasteiger partial charge is 0.247 e. The molecule has 0 spiro atoms. The van der Waals surface area contributed by atoms with Gasteiger partial charge in [-0.1, -0.05) is 24.8 Å². The fourth-order valence-corrected chi connectivity index (χ4v) is 2.93. The summed E-state index contributed by atoms with van der Waals surface area (Å²) in [5.74, 6) is 0.482. The summed E-state index contributed by atoms with van der Waals surface area (Å²) in [5.41, 5.74) is 1.74. The summed E-state index contributed by atoms with van der Waals surface area (Å²) < 4.78 is 0. The molecule has 0 aliphatic carbocycles. The number of benzene rings is 1. The zero-order valence-electron chi connectivity index (χ0n) is 13.4. The van der Waals surface area contributed by atoms with E-state index in [1.54, 1.807) is 12.4 Å². The van der Waals surface area contributed by atoms with Crippen LogP contribution in [0.1, 0.15) is 11.4 Å². The summed E-state index contributed by atoms with van der Waals surface area (Å²) in [6.45, 7) is 3.45. The van der Waals surface area contributed by atoms with Gasteiger partial charge in [0.15, 0.2) is 0 Å². The fourth-order valence-electron chi connectivity index (χ4n) is 2.17. The molecule has 0 radical (unpaired) electrons. The van der Waals surface area contributed by atoms with Crippen molar-refractivity contribution in [1.82, 2.24) is 15.0 Å². The van der Waals surface area contributed by atoms with E-state index in [0.29, 0.717) is 12.2 Å². The Kier molecular flexibility index (Phi) is 5.53. The van der Waals surface area contributed by atoms with Gasteiger partial charge in [0.2, 0.25) is 5.91 Å². The normalized spacial score (nSPS) is 10.2. The van der Waals surface area contributed by atoms with Crippen molar-refractivity contribution in [2.75, 3.05) is 5.32 Å². The predicted octanol–water partition coefficient (Wildman–Crippen LogP) is 3.74. The highest BCUT2D eigenvalue weighted by molar-refractivity contribution is 7.99. The molecule has 2 aromatic heterocycles. The van der Waals surface area contributed by atoms with Crippen molar-refractivity contribution in [3.63, 3.8) is 0 Å². The molecule has 124 valence electrons. The predicted molar refractivity (Wildman–Crippen MR) is 98.5 cm³/mol. The van der Waals surface area contributed by atoms with Crippen LogP contribution in [0.25, 0.3) is 0 Å². The second-order valence-electron chi connectivity index (χ2n) is 5.15. The SMILES string of the molecule is C=CC(=O)Nc1cccc(Cc2nccc(Sc3ccccn3)n2)c1. The Bertz CT molecular complexity index is 883. The number of nitrogens with one attached hydrogen (secondary N) is 1. The zero-order valence-corrected chi connectivity index (χ0v) is 14.2. The molecule has 3 aromatic rings. The van der Waals surface area contributed by atoms with Gasteiger partial charge >= 0.3 is 0 Å². The number of rotatable bonds is 6. The molecule has 3 rings (SSSR count). The van der Waals surface area contributed by atoms with Gasteiger partial charge in [0.25, 0.3) is 0 Å². The molecule has 0 aliphatic rings. The highest BCUT2D eigenvalue weighted by Gasteiger charge is 2.05. The fraction of sp³-hybridized carbons (Fsp3) is 0.0526. The maximum absolute atomic E-state index is 11.4. The average Bonchev–Trinajstić information content (AvgIpc) is 2.63. The van der Waals surface area contributed by atoms with E-state index in [4.69, 9.17) is 0 Å². The van der Waals surface area contributed by atoms with Crippen molar-refractivity contribution in [1.29, 1.82) is 0 Å². The molecular formula is C19H16N4OS.